The summed E-state index contributed by atoms with van der Waals surface area (Å²) in [7, 11) is 0. The van der Waals surface area contributed by atoms with Crippen molar-refractivity contribution in [1.82, 2.24) is 5.32 Å². The van der Waals surface area contributed by atoms with E-state index in [1.165, 1.54) is 12.1 Å². The zero-order valence-electron chi connectivity index (χ0n) is 10.3. The van der Waals surface area contributed by atoms with Crippen LogP contribution in [0.25, 0.3) is 0 Å². The SMILES string of the molecule is CC(C)(C)CNCc1cc([N+](=O)[O-])ccc1Cl. The van der Waals surface area contributed by atoms with Gasteiger partial charge >= 0.3 is 0 Å². The second-order valence-electron chi connectivity index (χ2n) is 5.20. The van der Waals surface area contributed by atoms with Crippen LogP contribution in [0.1, 0.15) is 26.3 Å². The molecule has 0 aliphatic rings. The smallest absolute Gasteiger partial charge is 0.269 e. The molecule has 0 aliphatic heterocycles. The van der Waals surface area contributed by atoms with Crippen LogP contribution in [0.3, 0.4) is 0 Å². The van der Waals surface area contributed by atoms with Gasteiger partial charge in [-0.25, -0.2) is 0 Å². The number of hydrogen-bond acceptors (Lipinski definition) is 3. The molecule has 0 saturated carbocycles. The fraction of sp³-hybridized carbons (Fsp3) is 0.500. The molecule has 1 aromatic rings. The highest BCUT2D eigenvalue weighted by molar-refractivity contribution is 6.31. The Kier molecular flexibility index (Phi) is 4.48. The molecule has 1 N–H and O–H groups in total. The van der Waals surface area contributed by atoms with E-state index in [0.29, 0.717) is 11.6 Å². The first-order valence-electron chi connectivity index (χ1n) is 5.43. The van der Waals surface area contributed by atoms with Crippen LogP contribution < -0.4 is 5.32 Å². The quantitative estimate of drug-likeness (QED) is 0.664. The molecule has 0 radical (unpaired) electrons. The first-order chi connectivity index (χ1) is 7.79. The van der Waals surface area contributed by atoms with Crippen molar-refractivity contribution in [1.29, 1.82) is 0 Å². The van der Waals surface area contributed by atoms with Crippen molar-refractivity contribution in [2.45, 2.75) is 27.3 Å². The highest BCUT2D eigenvalue weighted by Gasteiger charge is 2.12. The predicted molar refractivity (Wildman–Crippen MR) is 69.3 cm³/mol. The van der Waals surface area contributed by atoms with E-state index in [-0.39, 0.29) is 11.1 Å². The summed E-state index contributed by atoms with van der Waals surface area (Å²) in [5, 5.41) is 14.4. The van der Waals surface area contributed by atoms with Crippen molar-refractivity contribution in [2.75, 3.05) is 6.54 Å². The van der Waals surface area contributed by atoms with Crippen LogP contribution in [0.15, 0.2) is 18.2 Å². The fourth-order valence-electron chi connectivity index (χ4n) is 1.38. The van der Waals surface area contributed by atoms with Crippen molar-refractivity contribution in [2.24, 2.45) is 5.41 Å². The van der Waals surface area contributed by atoms with E-state index in [4.69, 9.17) is 11.6 Å². The number of nitrogens with one attached hydrogen (secondary N) is 1. The van der Waals surface area contributed by atoms with Crippen LogP contribution in [0.2, 0.25) is 5.02 Å². The third-order valence-electron chi connectivity index (χ3n) is 2.21. The molecule has 1 aromatic carbocycles. The van der Waals surface area contributed by atoms with E-state index in [2.05, 4.69) is 26.1 Å². The van der Waals surface area contributed by atoms with Crippen LogP contribution >= 0.6 is 11.6 Å². The maximum atomic E-state index is 10.6. The van der Waals surface area contributed by atoms with E-state index in [1.807, 2.05) is 0 Å². The molecule has 0 aromatic heterocycles. The summed E-state index contributed by atoms with van der Waals surface area (Å²) in [6.07, 6.45) is 0. The molecule has 0 bridgehead atoms. The number of nitrogens with zero attached hydrogens (tertiary/aromatic N) is 1. The van der Waals surface area contributed by atoms with Gasteiger partial charge in [-0.05, 0) is 17.0 Å². The fourth-order valence-corrected chi connectivity index (χ4v) is 1.57. The van der Waals surface area contributed by atoms with Crippen molar-refractivity contribution >= 4 is 17.3 Å². The van der Waals surface area contributed by atoms with Crippen molar-refractivity contribution in [3.05, 3.63) is 38.9 Å². The summed E-state index contributed by atoms with van der Waals surface area (Å²) in [5.41, 5.74) is 1.000. The van der Waals surface area contributed by atoms with Gasteiger partial charge in [-0.15, -0.1) is 0 Å². The summed E-state index contributed by atoms with van der Waals surface area (Å²) in [6.45, 7) is 7.73. The minimum absolute atomic E-state index is 0.0713. The number of benzene rings is 1. The topological polar surface area (TPSA) is 55.2 Å². The Bertz CT molecular complexity index is 413. The Morgan fingerprint density at radius 2 is 2.06 bits per heavy atom. The highest BCUT2D eigenvalue weighted by Crippen LogP contribution is 2.22. The lowest BCUT2D eigenvalue weighted by atomic mass is 9.97. The van der Waals surface area contributed by atoms with Crippen LogP contribution in [0.5, 0.6) is 0 Å². The molecule has 0 spiro atoms. The third-order valence-corrected chi connectivity index (χ3v) is 2.58. The molecule has 0 aliphatic carbocycles. The summed E-state index contributed by atoms with van der Waals surface area (Å²) in [4.78, 5) is 10.2. The standard InChI is InChI=1S/C12H17ClN2O2/c1-12(2,3)8-14-7-9-6-10(15(16)17)4-5-11(9)13/h4-6,14H,7-8H2,1-3H3. The van der Waals surface area contributed by atoms with Gasteiger partial charge in [0.1, 0.15) is 0 Å². The lowest BCUT2D eigenvalue weighted by Crippen LogP contribution is -2.26. The summed E-state index contributed by atoms with van der Waals surface area (Å²) in [6, 6.07) is 4.49. The zero-order chi connectivity index (χ0) is 13.1. The molecule has 1 rings (SSSR count). The van der Waals surface area contributed by atoms with Gasteiger partial charge in [0.25, 0.3) is 5.69 Å². The predicted octanol–water partition coefficient (Wildman–Crippen LogP) is 3.38. The molecule has 0 unspecified atom stereocenters. The summed E-state index contributed by atoms with van der Waals surface area (Å²) in [5.74, 6) is 0. The van der Waals surface area contributed by atoms with Gasteiger partial charge in [0.2, 0.25) is 0 Å². The minimum Gasteiger partial charge on any atom is -0.312 e. The third kappa shape index (κ3) is 4.71. The second kappa shape index (κ2) is 5.47. The van der Waals surface area contributed by atoms with Crippen LogP contribution in [0.4, 0.5) is 5.69 Å². The molecular formula is C12H17ClN2O2. The summed E-state index contributed by atoms with van der Waals surface area (Å²) >= 11 is 5.99. The Balaban J connectivity index is 2.70. The monoisotopic (exact) mass is 256 g/mol. The normalized spacial score (nSPS) is 11.5. The van der Waals surface area contributed by atoms with Crippen molar-refractivity contribution in [3.63, 3.8) is 0 Å². The molecule has 17 heavy (non-hydrogen) atoms. The summed E-state index contributed by atoms with van der Waals surface area (Å²) < 4.78 is 0. The molecule has 0 amide bonds. The lowest BCUT2D eigenvalue weighted by molar-refractivity contribution is -0.384. The van der Waals surface area contributed by atoms with Gasteiger partial charge in [0, 0.05) is 30.2 Å². The van der Waals surface area contributed by atoms with Gasteiger partial charge < -0.3 is 5.32 Å². The average molecular weight is 257 g/mol. The van der Waals surface area contributed by atoms with Gasteiger partial charge in [-0.1, -0.05) is 32.4 Å². The Hall–Kier alpha value is -1.13. The average Bonchev–Trinajstić information content (AvgIpc) is 2.18. The Morgan fingerprint density at radius 1 is 1.41 bits per heavy atom. The maximum absolute atomic E-state index is 10.6. The number of nitro benzene ring substituents is 1. The number of rotatable bonds is 4. The zero-order valence-corrected chi connectivity index (χ0v) is 11.0. The van der Waals surface area contributed by atoms with Gasteiger partial charge in [-0.2, -0.15) is 0 Å². The Morgan fingerprint density at radius 3 is 2.59 bits per heavy atom. The van der Waals surface area contributed by atoms with Gasteiger partial charge in [0.15, 0.2) is 0 Å². The van der Waals surface area contributed by atoms with E-state index in [0.717, 1.165) is 12.1 Å². The molecule has 0 fully saturated rings. The van der Waals surface area contributed by atoms with Crippen LogP contribution in [0, 0.1) is 15.5 Å². The largest absolute Gasteiger partial charge is 0.312 e. The second-order valence-corrected chi connectivity index (χ2v) is 5.60. The van der Waals surface area contributed by atoms with Crippen LogP contribution in [-0.2, 0) is 6.54 Å². The molecule has 0 heterocycles. The van der Waals surface area contributed by atoms with E-state index in [1.54, 1.807) is 6.07 Å². The molecule has 5 heteroatoms. The van der Waals surface area contributed by atoms with Crippen molar-refractivity contribution < 1.29 is 4.92 Å². The van der Waals surface area contributed by atoms with E-state index < -0.39 is 4.92 Å². The van der Waals surface area contributed by atoms with Gasteiger partial charge in [-0.3, -0.25) is 10.1 Å². The molecular weight excluding hydrogens is 240 g/mol. The van der Waals surface area contributed by atoms with E-state index >= 15 is 0 Å². The van der Waals surface area contributed by atoms with E-state index in [9.17, 15) is 10.1 Å². The van der Waals surface area contributed by atoms with Crippen molar-refractivity contribution in [3.8, 4) is 0 Å². The van der Waals surface area contributed by atoms with Crippen LogP contribution in [-0.4, -0.2) is 11.5 Å². The molecule has 94 valence electrons. The number of non-ortho nitro benzene ring substituents is 1. The first kappa shape index (κ1) is 13.9. The maximum Gasteiger partial charge on any atom is 0.269 e. The minimum atomic E-state index is -0.413. The first-order valence-corrected chi connectivity index (χ1v) is 5.81. The highest BCUT2D eigenvalue weighted by atomic mass is 35.5. The number of nitro groups is 1. The lowest BCUT2D eigenvalue weighted by Gasteiger charge is -2.19. The molecule has 0 saturated heterocycles. The Labute approximate surface area is 106 Å². The van der Waals surface area contributed by atoms with Gasteiger partial charge in [0.05, 0.1) is 4.92 Å². The number of hydrogen-bond donors (Lipinski definition) is 1. The molecule has 4 nitrogen and oxygen atoms in total. The molecule has 0 atom stereocenters. The number of halogens is 1.